The van der Waals surface area contributed by atoms with E-state index in [1.165, 1.54) is 0 Å². The summed E-state index contributed by atoms with van der Waals surface area (Å²) in [6.07, 6.45) is 4.30. The van der Waals surface area contributed by atoms with Crippen molar-refractivity contribution in [2.75, 3.05) is 18.5 Å². The number of pyridine rings is 1. The van der Waals surface area contributed by atoms with E-state index in [2.05, 4.69) is 9.88 Å². The van der Waals surface area contributed by atoms with E-state index in [1.54, 1.807) is 12.4 Å². The predicted octanol–water partition coefficient (Wildman–Crippen LogP) is 1.24. The van der Waals surface area contributed by atoms with Gasteiger partial charge in [-0.15, -0.1) is 0 Å². The lowest BCUT2D eigenvalue weighted by atomic mass is 10.3. The summed E-state index contributed by atoms with van der Waals surface area (Å²) in [6, 6.07) is 3.86. The molecule has 1 aromatic rings. The van der Waals surface area contributed by atoms with Crippen molar-refractivity contribution in [3.05, 3.63) is 24.5 Å². The second kappa shape index (κ2) is 3.88. The topological polar surface area (TPSA) is 53.4 Å². The molecule has 80 valence electrons. The zero-order chi connectivity index (χ0) is 10.8. The molecular formula is C11H14N2O2. The van der Waals surface area contributed by atoms with Crippen molar-refractivity contribution in [2.24, 2.45) is 11.8 Å². The Labute approximate surface area is 88.6 Å². The van der Waals surface area contributed by atoms with E-state index in [4.69, 9.17) is 5.11 Å². The SMILES string of the molecule is CN(CC1CC1C(=O)O)c1ccncc1. The van der Waals surface area contributed by atoms with E-state index in [9.17, 15) is 4.79 Å². The minimum absolute atomic E-state index is 0.130. The van der Waals surface area contributed by atoms with Gasteiger partial charge in [-0.2, -0.15) is 0 Å². The van der Waals surface area contributed by atoms with E-state index in [0.29, 0.717) is 5.92 Å². The van der Waals surface area contributed by atoms with Crippen LogP contribution in [0.4, 0.5) is 5.69 Å². The minimum atomic E-state index is -0.664. The van der Waals surface area contributed by atoms with Gasteiger partial charge in [-0.25, -0.2) is 0 Å². The maximum atomic E-state index is 10.7. The molecule has 2 atom stereocenters. The van der Waals surface area contributed by atoms with Crippen LogP contribution in [-0.4, -0.2) is 29.7 Å². The Bertz CT molecular complexity index is 353. The molecule has 15 heavy (non-hydrogen) atoms. The second-order valence-corrected chi connectivity index (χ2v) is 4.03. The molecule has 4 nitrogen and oxygen atoms in total. The number of aromatic nitrogens is 1. The van der Waals surface area contributed by atoms with Crippen LogP contribution in [0.2, 0.25) is 0 Å². The summed E-state index contributed by atoms with van der Waals surface area (Å²) in [6.45, 7) is 0.807. The molecule has 1 heterocycles. The quantitative estimate of drug-likeness (QED) is 0.805. The number of nitrogens with zero attached hydrogens (tertiary/aromatic N) is 2. The first-order chi connectivity index (χ1) is 7.18. The zero-order valence-electron chi connectivity index (χ0n) is 8.63. The normalized spacial score (nSPS) is 23.5. The standard InChI is InChI=1S/C11H14N2O2/c1-13(9-2-4-12-5-3-9)7-8-6-10(8)11(14)15/h2-5,8,10H,6-7H2,1H3,(H,14,15). The van der Waals surface area contributed by atoms with Crippen LogP contribution in [0.25, 0.3) is 0 Å². The summed E-state index contributed by atoms with van der Waals surface area (Å²) in [7, 11) is 1.98. The van der Waals surface area contributed by atoms with E-state index >= 15 is 0 Å². The number of carboxylic acids is 1. The smallest absolute Gasteiger partial charge is 0.306 e. The van der Waals surface area contributed by atoms with Crippen LogP contribution in [0.3, 0.4) is 0 Å². The van der Waals surface area contributed by atoms with Gasteiger partial charge >= 0.3 is 5.97 Å². The highest BCUT2D eigenvalue weighted by atomic mass is 16.4. The van der Waals surface area contributed by atoms with Gasteiger partial charge < -0.3 is 10.0 Å². The van der Waals surface area contributed by atoms with Crippen LogP contribution >= 0.6 is 0 Å². The predicted molar refractivity (Wildman–Crippen MR) is 56.7 cm³/mol. The van der Waals surface area contributed by atoms with Crippen molar-refractivity contribution in [3.63, 3.8) is 0 Å². The Hall–Kier alpha value is -1.58. The molecule has 0 spiro atoms. The number of hydrogen-bond donors (Lipinski definition) is 1. The Morgan fingerprint density at radius 1 is 1.60 bits per heavy atom. The third-order valence-corrected chi connectivity index (χ3v) is 2.85. The molecule has 4 heteroatoms. The monoisotopic (exact) mass is 206 g/mol. The molecule has 2 unspecified atom stereocenters. The van der Waals surface area contributed by atoms with Gasteiger partial charge in [-0.1, -0.05) is 0 Å². The summed E-state index contributed by atoms with van der Waals surface area (Å²) >= 11 is 0. The molecule has 1 saturated carbocycles. The van der Waals surface area contributed by atoms with E-state index in [0.717, 1.165) is 18.7 Å². The van der Waals surface area contributed by atoms with E-state index < -0.39 is 5.97 Å². The van der Waals surface area contributed by atoms with Crippen molar-refractivity contribution < 1.29 is 9.90 Å². The van der Waals surface area contributed by atoms with Crippen molar-refractivity contribution in [3.8, 4) is 0 Å². The number of rotatable bonds is 4. The average Bonchev–Trinajstić information content (AvgIpc) is 2.98. The lowest BCUT2D eigenvalue weighted by molar-refractivity contribution is -0.138. The molecule has 0 bridgehead atoms. The Kier molecular flexibility index (Phi) is 2.58. The number of anilines is 1. The Morgan fingerprint density at radius 3 is 2.80 bits per heavy atom. The van der Waals surface area contributed by atoms with Gasteiger partial charge in [0.05, 0.1) is 5.92 Å². The van der Waals surface area contributed by atoms with Crippen molar-refractivity contribution >= 4 is 11.7 Å². The number of hydrogen-bond acceptors (Lipinski definition) is 3. The van der Waals surface area contributed by atoms with Crippen LogP contribution in [0.5, 0.6) is 0 Å². The summed E-state index contributed by atoms with van der Waals surface area (Å²) in [5.41, 5.74) is 1.08. The minimum Gasteiger partial charge on any atom is -0.481 e. The lowest BCUT2D eigenvalue weighted by Gasteiger charge is -2.18. The molecule has 0 aromatic carbocycles. The zero-order valence-corrected chi connectivity index (χ0v) is 8.63. The Balaban J connectivity index is 1.89. The fourth-order valence-corrected chi connectivity index (χ4v) is 1.81. The van der Waals surface area contributed by atoms with Crippen LogP contribution in [0.1, 0.15) is 6.42 Å². The summed E-state index contributed by atoms with van der Waals surface area (Å²) < 4.78 is 0. The number of carboxylic acid groups (broad SMARTS) is 1. The first kappa shape index (κ1) is 9.96. The van der Waals surface area contributed by atoms with Gasteiger partial charge in [0.2, 0.25) is 0 Å². The Morgan fingerprint density at radius 2 is 2.27 bits per heavy atom. The summed E-state index contributed by atoms with van der Waals surface area (Å²) in [4.78, 5) is 16.7. The second-order valence-electron chi connectivity index (χ2n) is 4.03. The highest BCUT2D eigenvalue weighted by Gasteiger charge is 2.43. The van der Waals surface area contributed by atoms with Crippen molar-refractivity contribution in [1.82, 2.24) is 4.98 Å². The first-order valence-electron chi connectivity index (χ1n) is 5.02. The molecule has 0 amide bonds. The van der Waals surface area contributed by atoms with Crippen LogP contribution < -0.4 is 4.90 Å². The fraction of sp³-hybridized carbons (Fsp3) is 0.455. The molecule has 0 aliphatic heterocycles. The maximum Gasteiger partial charge on any atom is 0.306 e. The van der Waals surface area contributed by atoms with Gasteiger partial charge in [0.1, 0.15) is 0 Å². The molecule has 1 aliphatic rings. The molecule has 2 rings (SSSR count). The van der Waals surface area contributed by atoms with Crippen LogP contribution in [-0.2, 0) is 4.79 Å². The summed E-state index contributed by atoms with van der Waals surface area (Å²) in [5, 5.41) is 8.78. The van der Waals surface area contributed by atoms with E-state index in [1.807, 2.05) is 19.2 Å². The molecular weight excluding hydrogens is 192 g/mol. The highest BCUT2D eigenvalue weighted by Crippen LogP contribution is 2.39. The van der Waals surface area contributed by atoms with Gasteiger partial charge in [-0.05, 0) is 24.5 Å². The largest absolute Gasteiger partial charge is 0.481 e. The van der Waals surface area contributed by atoms with Crippen LogP contribution in [0, 0.1) is 11.8 Å². The van der Waals surface area contributed by atoms with Gasteiger partial charge in [0.15, 0.2) is 0 Å². The first-order valence-corrected chi connectivity index (χ1v) is 5.02. The molecule has 0 saturated heterocycles. The van der Waals surface area contributed by atoms with Crippen molar-refractivity contribution in [1.29, 1.82) is 0 Å². The molecule has 0 radical (unpaired) electrons. The van der Waals surface area contributed by atoms with E-state index in [-0.39, 0.29) is 5.92 Å². The molecule has 1 N–H and O–H groups in total. The number of carbonyl (C=O) groups is 1. The van der Waals surface area contributed by atoms with Gasteiger partial charge in [-0.3, -0.25) is 9.78 Å². The third kappa shape index (κ3) is 2.26. The molecule has 1 aliphatic carbocycles. The van der Waals surface area contributed by atoms with Gasteiger partial charge in [0, 0.05) is 31.7 Å². The van der Waals surface area contributed by atoms with Gasteiger partial charge in [0.25, 0.3) is 0 Å². The molecule has 1 aromatic heterocycles. The fourth-order valence-electron chi connectivity index (χ4n) is 1.81. The summed E-state index contributed by atoms with van der Waals surface area (Å²) in [5.74, 6) is -0.488. The molecule has 1 fully saturated rings. The highest BCUT2D eigenvalue weighted by molar-refractivity contribution is 5.73. The maximum absolute atomic E-state index is 10.7. The number of aliphatic carboxylic acids is 1. The van der Waals surface area contributed by atoms with Crippen molar-refractivity contribution in [2.45, 2.75) is 6.42 Å². The average molecular weight is 206 g/mol. The lowest BCUT2D eigenvalue weighted by Crippen LogP contribution is -2.21. The van der Waals surface area contributed by atoms with Crippen LogP contribution in [0.15, 0.2) is 24.5 Å². The third-order valence-electron chi connectivity index (χ3n) is 2.85.